The van der Waals surface area contributed by atoms with E-state index in [4.69, 9.17) is 28.9 Å². The molecule has 2 aromatic carbocycles. The Balaban J connectivity index is 2.12. The van der Waals surface area contributed by atoms with Crippen molar-refractivity contribution in [1.82, 2.24) is 9.55 Å². The molecule has 3 N–H and O–H groups in total. The number of rotatable bonds is 5. The summed E-state index contributed by atoms with van der Waals surface area (Å²) in [6.45, 7) is 1.94. The van der Waals surface area contributed by atoms with Gasteiger partial charge in [0.25, 0.3) is 11.5 Å². The smallest absolute Gasteiger partial charge is 0.330 e. The van der Waals surface area contributed by atoms with Crippen molar-refractivity contribution >= 4 is 40.6 Å². The number of carbonyl (C=O) groups is 1. The maximum Gasteiger partial charge on any atom is 0.330 e. The fourth-order valence-corrected chi connectivity index (χ4v) is 3.34. The SMILES string of the molecule is CCN(C(=O)c1cc(Cl)ccc1Cl)c1c(N)n(Cc2ccccc2)c(=O)[nH]c1=O. The maximum atomic E-state index is 13.1. The summed E-state index contributed by atoms with van der Waals surface area (Å²) >= 11 is 12.1. The summed E-state index contributed by atoms with van der Waals surface area (Å²) < 4.78 is 1.21. The fraction of sp³-hybridized carbons (Fsp3) is 0.150. The third-order valence-corrected chi connectivity index (χ3v) is 4.95. The van der Waals surface area contributed by atoms with Gasteiger partial charge in [0.2, 0.25) is 0 Å². The number of nitrogens with one attached hydrogen (secondary N) is 1. The van der Waals surface area contributed by atoms with Crippen LogP contribution in [-0.4, -0.2) is 22.0 Å². The van der Waals surface area contributed by atoms with Gasteiger partial charge >= 0.3 is 5.69 Å². The van der Waals surface area contributed by atoms with Gasteiger partial charge in [-0.2, -0.15) is 0 Å². The highest BCUT2D eigenvalue weighted by Gasteiger charge is 2.25. The first-order valence-corrected chi connectivity index (χ1v) is 9.52. The third-order valence-electron chi connectivity index (χ3n) is 4.39. The Morgan fingerprint density at radius 1 is 1.14 bits per heavy atom. The fourth-order valence-electron chi connectivity index (χ4n) is 2.97. The van der Waals surface area contributed by atoms with Crippen molar-refractivity contribution < 1.29 is 4.79 Å². The lowest BCUT2D eigenvalue weighted by molar-refractivity contribution is 0.0988. The van der Waals surface area contributed by atoms with Crippen molar-refractivity contribution in [3.63, 3.8) is 0 Å². The monoisotopic (exact) mass is 432 g/mol. The summed E-state index contributed by atoms with van der Waals surface area (Å²) in [7, 11) is 0. The van der Waals surface area contributed by atoms with Gasteiger partial charge in [-0.15, -0.1) is 0 Å². The summed E-state index contributed by atoms with van der Waals surface area (Å²) in [6, 6.07) is 13.6. The molecule has 29 heavy (non-hydrogen) atoms. The van der Waals surface area contributed by atoms with Crippen molar-refractivity contribution in [2.24, 2.45) is 0 Å². The van der Waals surface area contributed by atoms with Crippen molar-refractivity contribution in [2.45, 2.75) is 13.5 Å². The molecule has 0 spiro atoms. The molecule has 0 unspecified atom stereocenters. The van der Waals surface area contributed by atoms with Crippen LogP contribution in [0.2, 0.25) is 10.0 Å². The van der Waals surface area contributed by atoms with Crippen molar-refractivity contribution in [3.05, 3.63) is 90.5 Å². The third kappa shape index (κ3) is 4.21. The molecule has 150 valence electrons. The molecule has 0 saturated carbocycles. The predicted octanol–water partition coefficient (Wildman–Crippen LogP) is 3.14. The predicted molar refractivity (Wildman–Crippen MR) is 115 cm³/mol. The molecule has 3 rings (SSSR count). The minimum atomic E-state index is -0.759. The maximum absolute atomic E-state index is 13.1. The molecular formula is C20H18Cl2N4O3. The van der Waals surface area contributed by atoms with Crippen molar-refractivity contribution in [2.75, 3.05) is 17.2 Å². The molecule has 1 amide bonds. The average Bonchev–Trinajstić information content (AvgIpc) is 2.70. The Kier molecular flexibility index (Phi) is 6.10. The zero-order valence-electron chi connectivity index (χ0n) is 15.5. The second-order valence-corrected chi connectivity index (χ2v) is 7.08. The first-order valence-electron chi connectivity index (χ1n) is 8.77. The summed E-state index contributed by atoms with van der Waals surface area (Å²) in [6.07, 6.45) is 0. The molecule has 1 aromatic heterocycles. The second-order valence-electron chi connectivity index (χ2n) is 6.24. The molecule has 1 heterocycles. The Morgan fingerprint density at radius 3 is 2.48 bits per heavy atom. The van der Waals surface area contributed by atoms with E-state index in [1.165, 1.54) is 21.6 Å². The lowest BCUT2D eigenvalue weighted by atomic mass is 10.2. The molecule has 9 heteroatoms. The van der Waals surface area contributed by atoms with Crippen molar-refractivity contribution in [3.8, 4) is 0 Å². The van der Waals surface area contributed by atoms with Crippen LogP contribution in [0.5, 0.6) is 0 Å². The number of halogens is 2. The number of nitrogens with two attached hydrogens (primary N) is 1. The van der Waals surface area contributed by atoms with Gasteiger partial charge in [-0.25, -0.2) is 4.79 Å². The van der Waals surface area contributed by atoms with Gasteiger partial charge in [-0.05, 0) is 30.7 Å². The van der Waals surface area contributed by atoms with E-state index in [1.807, 2.05) is 30.3 Å². The minimum Gasteiger partial charge on any atom is -0.383 e. The van der Waals surface area contributed by atoms with Crippen LogP contribution in [0.15, 0.2) is 58.1 Å². The van der Waals surface area contributed by atoms with Gasteiger partial charge in [0.05, 0.1) is 17.1 Å². The zero-order valence-corrected chi connectivity index (χ0v) is 17.0. The summed E-state index contributed by atoms with van der Waals surface area (Å²) in [4.78, 5) is 41.4. The Morgan fingerprint density at radius 2 is 1.83 bits per heavy atom. The largest absolute Gasteiger partial charge is 0.383 e. The molecule has 0 aliphatic carbocycles. The quantitative estimate of drug-likeness (QED) is 0.646. The molecule has 0 atom stereocenters. The number of hydrogen-bond donors (Lipinski definition) is 2. The number of carbonyl (C=O) groups excluding carboxylic acids is 1. The Labute approximate surface area is 176 Å². The van der Waals surface area contributed by atoms with Crippen LogP contribution in [0.1, 0.15) is 22.8 Å². The van der Waals surface area contributed by atoms with Gasteiger partial charge in [0.15, 0.2) is 5.69 Å². The van der Waals surface area contributed by atoms with Crippen LogP contribution in [0.25, 0.3) is 0 Å². The Bertz CT molecular complexity index is 1170. The number of aromatic amines is 1. The van der Waals surface area contributed by atoms with Gasteiger partial charge in [-0.1, -0.05) is 53.5 Å². The average molecular weight is 433 g/mol. The highest BCUT2D eigenvalue weighted by atomic mass is 35.5. The molecule has 0 fully saturated rings. The molecule has 3 aromatic rings. The molecule has 0 saturated heterocycles. The number of hydrogen-bond acceptors (Lipinski definition) is 4. The highest BCUT2D eigenvalue weighted by Crippen LogP contribution is 2.25. The first kappa shape index (κ1) is 20.7. The number of anilines is 2. The molecule has 0 radical (unpaired) electrons. The standard InChI is InChI=1S/C20H18Cl2N4O3/c1-2-25(19(28)14-10-13(21)8-9-15(14)22)16-17(23)26(20(29)24-18(16)27)11-12-6-4-3-5-7-12/h3-10H,2,11,23H2,1H3,(H,24,27,29). The van der Waals surface area contributed by atoms with Crippen LogP contribution in [0, 0.1) is 0 Å². The molecule has 0 aliphatic rings. The molecular weight excluding hydrogens is 415 g/mol. The van der Waals surface area contributed by atoms with E-state index in [0.29, 0.717) is 5.02 Å². The van der Waals surface area contributed by atoms with E-state index in [0.717, 1.165) is 5.56 Å². The minimum absolute atomic E-state index is 0.115. The van der Waals surface area contributed by atoms with E-state index in [1.54, 1.807) is 13.0 Å². The van der Waals surface area contributed by atoms with Crippen LogP contribution >= 0.6 is 23.2 Å². The summed E-state index contributed by atoms with van der Waals surface area (Å²) in [5, 5.41) is 0.509. The van der Waals surface area contributed by atoms with E-state index in [-0.39, 0.29) is 35.2 Å². The van der Waals surface area contributed by atoms with E-state index >= 15 is 0 Å². The number of nitrogens with zero attached hydrogens (tertiary/aromatic N) is 2. The summed E-state index contributed by atoms with van der Waals surface area (Å²) in [5.74, 6) is -0.668. The lowest BCUT2D eigenvalue weighted by Gasteiger charge is -2.23. The Hall–Kier alpha value is -3.03. The first-order chi connectivity index (χ1) is 13.8. The van der Waals surface area contributed by atoms with Gasteiger partial charge < -0.3 is 10.6 Å². The molecule has 0 aliphatic heterocycles. The number of nitrogen functional groups attached to an aromatic ring is 1. The van der Waals surface area contributed by atoms with Gasteiger partial charge in [-0.3, -0.25) is 19.1 Å². The highest BCUT2D eigenvalue weighted by molar-refractivity contribution is 6.36. The number of aromatic nitrogens is 2. The van der Waals surface area contributed by atoms with Crippen molar-refractivity contribution in [1.29, 1.82) is 0 Å². The van der Waals surface area contributed by atoms with Crippen LogP contribution in [0.4, 0.5) is 11.5 Å². The summed E-state index contributed by atoms with van der Waals surface area (Å²) in [5.41, 5.74) is 5.58. The normalized spacial score (nSPS) is 10.7. The van der Waals surface area contributed by atoms with Gasteiger partial charge in [0.1, 0.15) is 5.82 Å². The number of amides is 1. The topological polar surface area (TPSA) is 101 Å². The number of benzene rings is 2. The van der Waals surface area contributed by atoms with E-state index in [2.05, 4.69) is 4.98 Å². The zero-order chi connectivity index (χ0) is 21.1. The number of H-pyrrole nitrogens is 1. The van der Waals surface area contributed by atoms with Crippen LogP contribution in [-0.2, 0) is 6.54 Å². The van der Waals surface area contributed by atoms with Gasteiger partial charge in [0, 0.05) is 11.6 Å². The second kappa shape index (κ2) is 8.55. The van der Waals surface area contributed by atoms with E-state index in [9.17, 15) is 14.4 Å². The lowest BCUT2D eigenvalue weighted by Crippen LogP contribution is -2.41. The van der Waals surface area contributed by atoms with E-state index < -0.39 is 17.2 Å². The van der Waals surface area contributed by atoms with Crippen LogP contribution < -0.4 is 21.9 Å². The molecule has 0 bridgehead atoms. The van der Waals surface area contributed by atoms with Crippen LogP contribution in [0.3, 0.4) is 0 Å². The molecule has 7 nitrogen and oxygen atoms in total.